The van der Waals surface area contributed by atoms with Gasteiger partial charge < -0.3 is 5.11 Å². The normalized spacial score (nSPS) is 10.4. The van der Waals surface area contributed by atoms with Crippen LogP contribution >= 0.6 is 34.8 Å². The highest BCUT2D eigenvalue weighted by Crippen LogP contribution is 2.37. The number of halogens is 3. The highest BCUT2D eigenvalue weighted by atomic mass is 35.5. The summed E-state index contributed by atoms with van der Waals surface area (Å²) in [5, 5.41) is 9.69. The number of hydrogen-bond donors (Lipinski definition) is 1. The van der Waals surface area contributed by atoms with Gasteiger partial charge in [0.05, 0.1) is 15.1 Å². The van der Waals surface area contributed by atoms with Crippen LogP contribution in [0, 0.1) is 0 Å². The molecule has 0 saturated heterocycles. The van der Waals surface area contributed by atoms with E-state index in [2.05, 4.69) is 4.98 Å². The Morgan fingerprint density at radius 3 is 2.33 bits per heavy atom. The largest absolute Gasteiger partial charge is 0.477 e. The summed E-state index contributed by atoms with van der Waals surface area (Å²) >= 11 is 17.8. The summed E-state index contributed by atoms with van der Waals surface area (Å²) in [5.41, 5.74) is 1.29. The molecule has 1 N–H and O–H groups in total. The van der Waals surface area contributed by atoms with E-state index >= 15 is 0 Å². The van der Waals surface area contributed by atoms with Gasteiger partial charge in [0.25, 0.3) is 0 Å². The number of carbonyl (C=O) groups is 1. The van der Waals surface area contributed by atoms with Gasteiger partial charge in [-0.1, -0.05) is 46.9 Å². The predicted molar refractivity (Wildman–Crippen MR) is 71.7 cm³/mol. The minimum atomic E-state index is -1.08. The number of benzene rings is 1. The number of carboxylic acid groups (broad SMARTS) is 1. The van der Waals surface area contributed by atoms with Gasteiger partial charge in [0.15, 0.2) is 0 Å². The van der Waals surface area contributed by atoms with Crippen molar-refractivity contribution in [3.63, 3.8) is 0 Å². The molecule has 18 heavy (non-hydrogen) atoms. The van der Waals surface area contributed by atoms with Gasteiger partial charge in [0.2, 0.25) is 0 Å². The Balaban J connectivity index is 2.49. The smallest absolute Gasteiger partial charge is 0.354 e. The van der Waals surface area contributed by atoms with Gasteiger partial charge in [-0.05, 0) is 12.1 Å². The van der Waals surface area contributed by atoms with E-state index < -0.39 is 5.97 Å². The van der Waals surface area contributed by atoms with E-state index in [1.54, 1.807) is 18.2 Å². The average molecular weight is 303 g/mol. The molecule has 2 aromatic rings. The molecule has 0 amide bonds. The van der Waals surface area contributed by atoms with Crippen LogP contribution in [0.2, 0.25) is 15.1 Å². The molecule has 0 aliphatic heterocycles. The first-order valence-corrected chi connectivity index (χ1v) is 5.97. The molecule has 0 unspecified atom stereocenters. The first-order chi connectivity index (χ1) is 8.50. The number of pyridine rings is 1. The summed E-state index contributed by atoms with van der Waals surface area (Å²) in [6, 6.07) is 6.34. The summed E-state index contributed by atoms with van der Waals surface area (Å²) < 4.78 is 0. The molecule has 1 aromatic carbocycles. The molecule has 92 valence electrons. The molecule has 0 aliphatic carbocycles. The van der Waals surface area contributed by atoms with Crippen LogP contribution in [-0.4, -0.2) is 16.1 Å². The minimum Gasteiger partial charge on any atom is -0.477 e. The van der Waals surface area contributed by atoms with Gasteiger partial charge in [-0.15, -0.1) is 0 Å². The first-order valence-electron chi connectivity index (χ1n) is 4.84. The van der Waals surface area contributed by atoms with Crippen LogP contribution in [0.4, 0.5) is 0 Å². The lowest BCUT2D eigenvalue weighted by molar-refractivity contribution is 0.0690. The van der Waals surface area contributed by atoms with Gasteiger partial charge in [-0.2, -0.15) is 0 Å². The van der Waals surface area contributed by atoms with Crippen molar-refractivity contribution < 1.29 is 9.90 Å². The number of carboxylic acids is 1. The van der Waals surface area contributed by atoms with Crippen molar-refractivity contribution in [2.75, 3.05) is 0 Å². The zero-order valence-electron chi connectivity index (χ0n) is 8.82. The molecule has 0 spiro atoms. The fourth-order valence-corrected chi connectivity index (χ4v) is 2.07. The van der Waals surface area contributed by atoms with Crippen LogP contribution < -0.4 is 0 Å². The molecule has 0 bridgehead atoms. The maximum absolute atomic E-state index is 10.7. The van der Waals surface area contributed by atoms with Crippen molar-refractivity contribution >= 4 is 40.8 Å². The quantitative estimate of drug-likeness (QED) is 0.836. The Labute approximate surface area is 118 Å². The minimum absolute atomic E-state index is 0.0325. The maximum Gasteiger partial charge on any atom is 0.354 e. The monoisotopic (exact) mass is 301 g/mol. The highest BCUT2D eigenvalue weighted by Gasteiger charge is 2.11. The van der Waals surface area contributed by atoms with Gasteiger partial charge in [-0.3, -0.25) is 0 Å². The lowest BCUT2D eigenvalue weighted by Gasteiger charge is -2.07. The van der Waals surface area contributed by atoms with Gasteiger partial charge in [0.1, 0.15) is 5.69 Å². The fourth-order valence-electron chi connectivity index (χ4n) is 1.43. The number of nitrogens with zero attached hydrogens (tertiary/aromatic N) is 1. The summed E-state index contributed by atoms with van der Waals surface area (Å²) in [5.74, 6) is -1.08. The Hall–Kier alpha value is -1.29. The van der Waals surface area contributed by atoms with E-state index in [0.717, 1.165) is 0 Å². The zero-order valence-corrected chi connectivity index (χ0v) is 11.1. The summed E-state index contributed by atoms with van der Waals surface area (Å²) in [4.78, 5) is 14.5. The predicted octanol–water partition coefficient (Wildman–Crippen LogP) is 4.41. The number of aromatic carboxylic acids is 1. The van der Waals surface area contributed by atoms with Crippen LogP contribution in [-0.2, 0) is 0 Å². The average Bonchev–Trinajstić information content (AvgIpc) is 2.36. The van der Waals surface area contributed by atoms with Crippen LogP contribution in [0.3, 0.4) is 0 Å². The van der Waals surface area contributed by atoms with Crippen molar-refractivity contribution in [2.45, 2.75) is 0 Å². The molecule has 0 atom stereocenters. The van der Waals surface area contributed by atoms with E-state index in [1.165, 1.54) is 12.3 Å². The molecule has 0 saturated carbocycles. The molecule has 3 nitrogen and oxygen atoms in total. The molecular weight excluding hydrogens is 296 g/mol. The molecule has 0 fully saturated rings. The van der Waals surface area contributed by atoms with Crippen molar-refractivity contribution in [1.82, 2.24) is 4.98 Å². The van der Waals surface area contributed by atoms with Gasteiger partial charge >= 0.3 is 5.97 Å². The third-order valence-corrected chi connectivity index (χ3v) is 3.62. The molecular formula is C12H6Cl3NO2. The summed E-state index contributed by atoms with van der Waals surface area (Å²) in [6.45, 7) is 0. The molecule has 0 radical (unpaired) electrons. The van der Waals surface area contributed by atoms with E-state index in [9.17, 15) is 4.79 Å². The second kappa shape index (κ2) is 5.14. The van der Waals surface area contributed by atoms with Crippen LogP contribution in [0.15, 0.2) is 30.5 Å². The number of rotatable bonds is 2. The SMILES string of the molecule is O=C(O)c1ccc(-c2ccc(Cl)c(Cl)c2Cl)cn1. The van der Waals surface area contributed by atoms with Crippen molar-refractivity contribution in [3.05, 3.63) is 51.2 Å². The Morgan fingerprint density at radius 2 is 1.78 bits per heavy atom. The highest BCUT2D eigenvalue weighted by molar-refractivity contribution is 6.49. The first kappa shape index (κ1) is 13.1. The molecule has 1 heterocycles. The van der Waals surface area contributed by atoms with Crippen LogP contribution in [0.5, 0.6) is 0 Å². The molecule has 2 rings (SSSR count). The topological polar surface area (TPSA) is 50.2 Å². The molecule has 1 aromatic heterocycles. The second-order valence-electron chi connectivity index (χ2n) is 3.46. The van der Waals surface area contributed by atoms with Crippen molar-refractivity contribution in [2.24, 2.45) is 0 Å². The van der Waals surface area contributed by atoms with Crippen LogP contribution in [0.1, 0.15) is 10.5 Å². The molecule has 6 heteroatoms. The Morgan fingerprint density at radius 1 is 1.06 bits per heavy atom. The Bertz CT molecular complexity index is 611. The third-order valence-electron chi connectivity index (χ3n) is 2.33. The van der Waals surface area contributed by atoms with Gasteiger partial charge in [0, 0.05) is 17.3 Å². The second-order valence-corrected chi connectivity index (χ2v) is 4.62. The van der Waals surface area contributed by atoms with Crippen molar-refractivity contribution in [1.29, 1.82) is 0 Å². The van der Waals surface area contributed by atoms with Gasteiger partial charge in [-0.25, -0.2) is 9.78 Å². The maximum atomic E-state index is 10.7. The van der Waals surface area contributed by atoms with E-state index in [0.29, 0.717) is 21.2 Å². The standard InChI is InChI=1S/C12H6Cl3NO2/c13-8-3-2-7(10(14)11(8)15)6-1-4-9(12(17)18)16-5-6/h1-5H,(H,17,18). The van der Waals surface area contributed by atoms with E-state index in [4.69, 9.17) is 39.9 Å². The lowest BCUT2D eigenvalue weighted by atomic mass is 10.1. The zero-order chi connectivity index (χ0) is 13.3. The van der Waals surface area contributed by atoms with E-state index in [1.807, 2.05) is 0 Å². The lowest BCUT2D eigenvalue weighted by Crippen LogP contribution is -1.99. The summed E-state index contributed by atoms with van der Waals surface area (Å²) in [6.07, 6.45) is 1.43. The molecule has 0 aliphatic rings. The summed E-state index contributed by atoms with van der Waals surface area (Å²) in [7, 11) is 0. The Kier molecular flexibility index (Phi) is 3.76. The number of hydrogen-bond acceptors (Lipinski definition) is 2. The third kappa shape index (κ3) is 2.43. The van der Waals surface area contributed by atoms with E-state index in [-0.39, 0.29) is 10.7 Å². The fraction of sp³-hybridized carbons (Fsp3) is 0. The van der Waals surface area contributed by atoms with Crippen molar-refractivity contribution in [3.8, 4) is 11.1 Å². The van der Waals surface area contributed by atoms with Crippen LogP contribution in [0.25, 0.3) is 11.1 Å². The number of aromatic nitrogens is 1.